The summed E-state index contributed by atoms with van der Waals surface area (Å²) in [5.41, 5.74) is 0. The van der Waals surface area contributed by atoms with Crippen molar-refractivity contribution in [3.8, 4) is 0 Å². The second kappa shape index (κ2) is 5.72. The normalized spacial score (nSPS) is 35.5. The Bertz CT molecular complexity index is 391. The molecule has 0 aromatic carbocycles. The van der Waals surface area contributed by atoms with E-state index in [0.29, 0.717) is 18.6 Å². The van der Waals surface area contributed by atoms with E-state index < -0.39 is 9.84 Å². The fourth-order valence-electron chi connectivity index (χ4n) is 3.38. The van der Waals surface area contributed by atoms with Gasteiger partial charge in [-0.05, 0) is 43.9 Å². The molecular formula is C14H24O3S. The van der Waals surface area contributed by atoms with E-state index in [0.717, 1.165) is 18.8 Å². The van der Waals surface area contributed by atoms with Gasteiger partial charge in [-0.1, -0.05) is 13.3 Å². The number of sulfone groups is 1. The topological polar surface area (TPSA) is 51.2 Å². The third kappa shape index (κ3) is 3.56. The van der Waals surface area contributed by atoms with Gasteiger partial charge in [0.1, 0.15) is 5.78 Å². The van der Waals surface area contributed by atoms with Crippen LogP contribution in [0.25, 0.3) is 0 Å². The first-order valence-corrected chi connectivity index (χ1v) is 9.05. The lowest BCUT2D eigenvalue weighted by molar-refractivity contribution is -0.124. The fraction of sp³-hybridized carbons (Fsp3) is 0.929. The number of carbonyl (C=O) groups excluding carboxylic acids is 1. The first kappa shape index (κ1) is 14.0. The summed E-state index contributed by atoms with van der Waals surface area (Å²) in [4.78, 5) is 12.2. The molecule has 0 aromatic rings. The van der Waals surface area contributed by atoms with Crippen LogP contribution in [0.1, 0.15) is 51.9 Å². The van der Waals surface area contributed by atoms with Crippen LogP contribution >= 0.6 is 0 Å². The van der Waals surface area contributed by atoms with Crippen LogP contribution in [0.15, 0.2) is 0 Å². The summed E-state index contributed by atoms with van der Waals surface area (Å²) < 4.78 is 22.7. The summed E-state index contributed by atoms with van der Waals surface area (Å²) in [5, 5.41) is 0. The number of rotatable bonds is 4. The standard InChI is InChI=1S/C14H24O3S/c1-2-11-3-5-13(6-4-11)14(15)9-12-7-8-18(16,17)10-12/h11-13H,2-10H2,1H3. The van der Waals surface area contributed by atoms with Crippen LogP contribution in [0.4, 0.5) is 0 Å². The Morgan fingerprint density at radius 3 is 2.22 bits per heavy atom. The molecule has 1 aliphatic heterocycles. The van der Waals surface area contributed by atoms with E-state index in [1.54, 1.807) is 0 Å². The maximum atomic E-state index is 12.2. The van der Waals surface area contributed by atoms with Gasteiger partial charge in [-0.2, -0.15) is 0 Å². The Morgan fingerprint density at radius 2 is 1.72 bits per heavy atom. The molecule has 104 valence electrons. The Morgan fingerprint density at radius 1 is 1.06 bits per heavy atom. The largest absolute Gasteiger partial charge is 0.299 e. The zero-order valence-electron chi connectivity index (χ0n) is 11.2. The van der Waals surface area contributed by atoms with E-state index in [2.05, 4.69) is 6.92 Å². The third-order valence-electron chi connectivity index (χ3n) is 4.70. The SMILES string of the molecule is CCC1CCC(C(=O)CC2CCS(=O)(=O)C2)CC1. The monoisotopic (exact) mass is 272 g/mol. The molecule has 2 rings (SSSR count). The quantitative estimate of drug-likeness (QED) is 0.790. The molecule has 1 saturated heterocycles. The zero-order valence-corrected chi connectivity index (χ0v) is 12.0. The highest BCUT2D eigenvalue weighted by Crippen LogP contribution is 2.33. The predicted molar refractivity (Wildman–Crippen MR) is 72.1 cm³/mol. The van der Waals surface area contributed by atoms with Crippen LogP contribution in [-0.4, -0.2) is 25.7 Å². The van der Waals surface area contributed by atoms with Crippen molar-refractivity contribution in [1.82, 2.24) is 0 Å². The third-order valence-corrected chi connectivity index (χ3v) is 6.53. The van der Waals surface area contributed by atoms with Crippen molar-refractivity contribution in [3.63, 3.8) is 0 Å². The Kier molecular flexibility index (Phi) is 4.46. The van der Waals surface area contributed by atoms with E-state index in [-0.39, 0.29) is 23.3 Å². The zero-order chi connectivity index (χ0) is 13.2. The van der Waals surface area contributed by atoms with E-state index in [9.17, 15) is 13.2 Å². The maximum Gasteiger partial charge on any atom is 0.150 e. The summed E-state index contributed by atoms with van der Waals surface area (Å²) >= 11 is 0. The van der Waals surface area contributed by atoms with Crippen LogP contribution in [0.5, 0.6) is 0 Å². The van der Waals surface area contributed by atoms with Crippen molar-refractivity contribution in [2.24, 2.45) is 17.8 Å². The van der Waals surface area contributed by atoms with Gasteiger partial charge < -0.3 is 0 Å². The number of carbonyl (C=O) groups is 1. The number of hydrogen-bond donors (Lipinski definition) is 0. The van der Waals surface area contributed by atoms with E-state index in [1.807, 2.05) is 0 Å². The molecule has 1 aliphatic carbocycles. The lowest BCUT2D eigenvalue weighted by Crippen LogP contribution is -2.23. The highest BCUT2D eigenvalue weighted by atomic mass is 32.2. The van der Waals surface area contributed by atoms with Crippen molar-refractivity contribution in [3.05, 3.63) is 0 Å². The predicted octanol–water partition coefficient (Wildman–Crippen LogP) is 2.60. The maximum absolute atomic E-state index is 12.2. The molecule has 3 nitrogen and oxygen atoms in total. The second-order valence-corrected chi connectivity index (χ2v) is 8.29. The van der Waals surface area contributed by atoms with Gasteiger partial charge in [-0.3, -0.25) is 4.79 Å². The van der Waals surface area contributed by atoms with Crippen LogP contribution in [0.2, 0.25) is 0 Å². The van der Waals surface area contributed by atoms with Crippen molar-refractivity contribution < 1.29 is 13.2 Å². The minimum Gasteiger partial charge on any atom is -0.299 e. The summed E-state index contributed by atoms with van der Waals surface area (Å²) in [6.45, 7) is 2.22. The fourth-order valence-corrected chi connectivity index (χ4v) is 5.24. The number of Topliss-reactive ketones (excluding diaryl/α,β-unsaturated/α-hetero) is 1. The second-order valence-electron chi connectivity index (χ2n) is 6.07. The van der Waals surface area contributed by atoms with Crippen molar-refractivity contribution in [1.29, 1.82) is 0 Å². The first-order valence-electron chi connectivity index (χ1n) is 7.23. The van der Waals surface area contributed by atoms with Gasteiger partial charge >= 0.3 is 0 Å². The van der Waals surface area contributed by atoms with Crippen LogP contribution in [-0.2, 0) is 14.6 Å². The van der Waals surface area contributed by atoms with Gasteiger partial charge in [-0.25, -0.2) is 8.42 Å². The number of hydrogen-bond acceptors (Lipinski definition) is 3. The summed E-state index contributed by atoms with van der Waals surface area (Å²) in [5.74, 6) is 1.98. The van der Waals surface area contributed by atoms with E-state index in [1.165, 1.54) is 19.3 Å². The van der Waals surface area contributed by atoms with Crippen LogP contribution in [0, 0.1) is 17.8 Å². The van der Waals surface area contributed by atoms with Crippen molar-refractivity contribution >= 4 is 15.6 Å². The average Bonchev–Trinajstić information content (AvgIpc) is 2.68. The molecule has 0 bridgehead atoms. The van der Waals surface area contributed by atoms with Gasteiger partial charge in [0, 0.05) is 12.3 Å². The summed E-state index contributed by atoms with van der Waals surface area (Å²) in [6, 6.07) is 0. The van der Waals surface area contributed by atoms with E-state index >= 15 is 0 Å². The molecule has 0 N–H and O–H groups in total. The van der Waals surface area contributed by atoms with Crippen molar-refractivity contribution in [2.75, 3.05) is 11.5 Å². The summed E-state index contributed by atoms with van der Waals surface area (Å²) in [7, 11) is -2.84. The lowest BCUT2D eigenvalue weighted by Gasteiger charge is -2.27. The molecule has 2 fully saturated rings. The molecule has 0 amide bonds. The molecular weight excluding hydrogens is 248 g/mol. The van der Waals surface area contributed by atoms with Crippen LogP contribution in [0.3, 0.4) is 0 Å². The van der Waals surface area contributed by atoms with Gasteiger partial charge in [0.05, 0.1) is 11.5 Å². The Labute approximate surface area is 110 Å². The minimum atomic E-state index is -2.84. The molecule has 4 heteroatoms. The van der Waals surface area contributed by atoms with E-state index in [4.69, 9.17) is 0 Å². The molecule has 2 aliphatic rings. The van der Waals surface area contributed by atoms with Crippen LogP contribution < -0.4 is 0 Å². The molecule has 1 heterocycles. The molecule has 0 radical (unpaired) electrons. The van der Waals surface area contributed by atoms with Gasteiger partial charge in [0.2, 0.25) is 0 Å². The lowest BCUT2D eigenvalue weighted by atomic mass is 9.77. The average molecular weight is 272 g/mol. The highest BCUT2D eigenvalue weighted by molar-refractivity contribution is 7.91. The molecule has 1 unspecified atom stereocenters. The highest BCUT2D eigenvalue weighted by Gasteiger charge is 2.32. The summed E-state index contributed by atoms with van der Waals surface area (Å²) in [6.07, 6.45) is 6.82. The Balaban J connectivity index is 1.79. The minimum absolute atomic E-state index is 0.103. The first-order chi connectivity index (χ1) is 8.50. The van der Waals surface area contributed by atoms with Crippen molar-refractivity contribution in [2.45, 2.75) is 51.9 Å². The molecule has 0 spiro atoms. The van der Waals surface area contributed by atoms with Gasteiger partial charge in [0.25, 0.3) is 0 Å². The number of ketones is 1. The Hall–Kier alpha value is -0.380. The molecule has 1 atom stereocenters. The van der Waals surface area contributed by atoms with Gasteiger partial charge in [0.15, 0.2) is 9.84 Å². The molecule has 18 heavy (non-hydrogen) atoms. The van der Waals surface area contributed by atoms with Gasteiger partial charge in [-0.15, -0.1) is 0 Å². The molecule has 0 aromatic heterocycles. The smallest absolute Gasteiger partial charge is 0.150 e. The molecule has 1 saturated carbocycles.